The van der Waals surface area contributed by atoms with Gasteiger partial charge in [-0.05, 0) is 152 Å². The normalized spacial score (nSPS) is 20.8. The fourth-order valence-electron chi connectivity index (χ4n) is 10.8. The zero-order chi connectivity index (χ0) is 88.7. The summed E-state index contributed by atoms with van der Waals surface area (Å²) in [6.45, 7) is 0. The summed E-state index contributed by atoms with van der Waals surface area (Å²) in [6.07, 6.45) is 30.3. The van der Waals surface area contributed by atoms with Gasteiger partial charge in [-0.3, -0.25) is 31.9 Å². The molecule has 5 atom stereocenters. The van der Waals surface area contributed by atoms with Crippen LogP contribution in [0, 0.1) is 0 Å². The number of aromatic hydroxyl groups is 3. The number of phenols is 3. The highest BCUT2D eigenvalue weighted by Gasteiger charge is 2.56. The molecule has 634 valence electrons. The van der Waals surface area contributed by atoms with E-state index in [2.05, 4.69) is 0 Å². The van der Waals surface area contributed by atoms with Crippen molar-refractivity contribution in [1.29, 1.82) is 0 Å². The highest BCUT2D eigenvalue weighted by atomic mass is 32.2. The van der Waals surface area contributed by atoms with E-state index in [1.165, 1.54) is 85.0 Å². The van der Waals surface area contributed by atoms with Gasteiger partial charge >= 0.3 is 0 Å². The summed E-state index contributed by atoms with van der Waals surface area (Å²) >= 11 is 0. The van der Waals surface area contributed by atoms with Gasteiger partial charge < -0.3 is 40.9 Å². The van der Waals surface area contributed by atoms with E-state index in [1.807, 2.05) is 91.0 Å². The minimum absolute atomic E-state index is 0.0923. The lowest BCUT2D eigenvalue weighted by Crippen LogP contribution is -2.52. The molecule has 0 radical (unpaired) electrons. The predicted octanol–water partition coefficient (Wildman–Crippen LogP) is 12.4. The lowest BCUT2D eigenvalue weighted by molar-refractivity contribution is 0.0304. The van der Waals surface area contributed by atoms with Crippen molar-refractivity contribution in [2.24, 2.45) is 0 Å². The topological polar surface area (TPSA) is 542 Å². The van der Waals surface area contributed by atoms with E-state index >= 15 is 0 Å². The molecule has 0 aromatic heterocycles. The average molecular weight is 1780 g/mol. The van der Waals surface area contributed by atoms with Crippen molar-refractivity contribution in [2.45, 2.75) is 66.6 Å². The van der Waals surface area contributed by atoms with Gasteiger partial charge in [0.2, 0.25) is 19.7 Å². The molecule has 0 heterocycles. The van der Waals surface area contributed by atoms with Crippen LogP contribution in [0.4, 0.5) is 0 Å². The highest BCUT2D eigenvalue weighted by molar-refractivity contribution is 7.89. The first kappa shape index (κ1) is 96.1. The molecule has 0 saturated carbocycles. The third kappa shape index (κ3) is 29.4. The molecule has 36 heteroatoms. The smallest absolute Gasteiger partial charge is 0.299 e. The van der Waals surface area contributed by atoms with Crippen LogP contribution < -0.4 is 0 Å². The van der Waals surface area contributed by atoms with Crippen LogP contribution >= 0.6 is 0 Å². The van der Waals surface area contributed by atoms with Gasteiger partial charge in [-0.25, -0.2) is 0 Å². The van der Waals surface area contributed by atoms with Gasteiger partial charge in [-0.15, -0.1) is 0 Å². The Hall–Kier alpha value is -11.1. The molecule has 0 aliphatic heterocycles. The Morgan fingerprint density at radius 3 is 0.950 bits per heavy atom. The summed E-state index contributed by atoms with van der Waals surface area (Å²) in [5.74, 6) is 0.603. The van der Waals surface area contributed by atoms with Crippen molar-refractivity contribution in [3.05, 3.63) is 364 Å². The minimum Gasteiger partial charge on any atom is -0.508 e. The summed E-state index contributed by atoms with van der Waals surface area (Å²) in [5.41, 5.74) is 8.31. The summed E-state index contributed by atoms with van der Waals surface area (Å²) in [6, 6.07) is 60.4. The Labute approximate surface area is 694 Å². The molecule has 0 amide bonds. The molecule has 5 unspecified atom stereocenters. The molecule has 0 fully saturated rings. The Morgan fingerprint density at radius 2 is 0.600 bits per heavy atom. The number of hydrogen-bond donors (Lipinski definition) is 15. The number of phenolic OH excluding ortho intramolecular Hbond substituents is 3. The van der Waals surface area contributed by atoms with Crippen molar-refractivity contribution < 1.29 is 132 Å². The van der Waals surface area contributed by atoms with Crippen molar-refractivity contribution in [3.63, 3.8) is 0 Å². The summed E-state index contributed by atoms with van der Waals surface area (Å²) in [7, 11) is -32.5. The van der Waals surface area contributed by atoms with Crippen LogP contribution in [-0.2, 0) is 70.8 Å². The molecular weight excluding hydrogens is 1700 g/mol. The molecule has 0 bridgehead atoms. The van der Waals surface area contributed by atoms with Crippen LogP contribution in [-0.4, -0.2) is 156 Å². The third-order valence-corrected chi connectivity index (χ3v) is 25.0. The predicted molar refractivity (Wildman–Crippen MR) is 455 cm³/mol. The van der Waals surface area contributed by atoms with Crippen LogP contribution in [0.1, 0.15) is 76.6 Å². The van der Waals surface area contributed by atoms with Gasteiger partial charge in [0.25, 0.3) is 70.8 Å². The molecule has 120 heavy (non-hydrogen) atoms. The standard InChI is InChI=1S/C14H16O8S2.C14H14O7S2.2C14H14O5S.C14H12O3S.C14H12O/c15-13(23(17,18)19)8-12(7-6-11-4-2-1-3-5-11)9-14(16,10-13)24(20,21)22;15-14(23(19,20)21)8-6-11(7-9-14)4-5-12-2-1-3-13(10-12)22(16,17)18;15-13-7-5-11(6-8-13)3-4-12-2-1-9-14(16,10-12)20(17,18)19;15-13-3-1-2-12(10-13)5-4-11-6-8-14(16,9-7-11)20(17,18)19;15-18(16,17)14-8-4-7-13(11-14)10-9-12-5-2-1-3-6-12;15-14-8-4-7-13(11-14)10-9-12-5-2-1-3-6-12/h1-8,15-16H,9-10H2,(H,17,18,19)(H,20,21,22);1-8,10,15H,9H2,(H,16,17,18)(H,19,20,21);2*1-8,10,15-16H,9H2,(H,17,18,19);1-11H,(H,15,16,17);1-11,15H. The largest absolute Gasteiger partial charge is 0.508 e. The first-order valence-corrected chi connectivity index (χ1v) is 45.1. The van der Waals surface area contributed by atoms with Crippen molar-refractivity contribution in [1.82, 2.24) is 0 Å². The second-order valence-electron chi connectivity index (χ2n) is 26.6. The molecule has 8 aromatic rings. The lowest BCUT2D eigenvalue weighted by Gasteiger charge is -2.36. The third-order valence-electron chi connectivity index (χ3n) is 17.3. The number of allylic oxidation sites excluding steroid dienone is 10. The van der Waals surface area contributed by atoms with Gasteiger partial charge in [0.15, 0.2) is 4.93 Å². The van der Waals surface area contributed by atoms with E-state index in [0.29, 0.717) is 39.2 Å². The van der Waals surface area contributed by atoms with Crippen LogP contribution in [0.3, 0.4) is 0 Å². The SMILES string of the molecule is O=S(=O)(O)C1(O)C=C(C=Cc2ccc(O)cc2)C=CC1.O=S(=O)(O)C1(O)C=C(C=Cc2ccccc2)CC(O)(S(=O)(=O)O)C1.O=S(=O)(O)C1(O)C=CC(C=Cc2cccc(O)c2)=CC1.O=S(=O)(O)c1cccc(C=CC2=CCC(O)(S(=O)(=O)O)C=C2)c1.O=S(=O)(O)c1cccc(C=Cc2ccccc2)c1.Oc1cccc(C=Cc2ccccc2)c1. The summed E-state index contributed by atoms with van der Waals surface area (Å²) in [5, 5.41) is 77.3. The van der Waals surface area contributed by atoms with E-state index in [-0.39, 0.29) is 46.1 Å². The van der Waals surface area contributed by atoms with E-state index in [9.17, 15) is 99.2 Å². The molecule has 4 aliphatic rings. The summed E-state index contributed by atoms with van der Waals surface area (Å²) < 4.78 is 219. The average Bonchev–Trinajstić information content (AvgIpc) is 0.767. The molecule has 12 rings (SSSR count). The second-order valence-corrected chi connectivity index (χ2v) is 37.8. The van der Waals surface area contributed by atoms with Crippen LogP contribution in [0.2, 0.25) is 0 Å². The van der Waals surface area contributed by atoms with E-state index in [1.54, 1.807) is 146 Å². The van der Waals surface area contributed by atoms with Crippen molar-refractivity contribution in [3.8, 4) is 17.2 Å². The first-order chi connectivity index (χ1) is 55.9. The maximum absolute atomic E-state index is 11.4. The Kier molecular flexibility index (Phi) is 32.7. The van der Waals surface area contributed by atoms with Crippen LogP contribution in [0.25, 0.3) is 48.6 Å². The van der Waals surface area contributed by atoms with Gasteiger partial charge in [0.05, 0.1) is 9.79 Å². The Bertz CT molecular complexity index is 6260. The fourth-order valence-corrected chi connectivity index (χ4v) is 15.1. The van der Waals surface area contributed by atoms with Gasteiger partial charge in [0, 0.05) is 32.1 Å². The molecule has 29 nitrogen and oxygen atoms in total. The fraction of sp³-hybridized carbons (Fsp3) is 0.119. The molecule has 4 aliphatic carbocycles. The number of aliphatic hydroxyl groups is 5. The molecule has 15 N–H and O–H groups in total. The van der Waals surface area contributed by atoms with Gasteiger partial charge in [0.1, 0.15) is 17.2 Å². The second kappa shape index (κ2) is 40.8. The van der Waals surface area contributed by atoms with E-state index < -0.39 is 108 Å². The maximum Gasteiger partial charge on any atom is 0.299 e. The molecular formula is C84H82O29S7. The zero-order valence-corrected chi connectivity index (χ0v) is 68.4. The number of rotatable bonds is 19. The molecule has 0 spiro atoms. The van der Waals surface area contributed by atoms with Gasteiger partial charge in [-0.1, -0.05) is 261 Å². The number of hydrogen-bond acceptors (Lipinski definition) is 22. The monoisotopic (exact) mass is 1780 g/mol. The lowest BCUT2D eigenvalue weighted by atomic mass is 9.93. The van der Waals surface area contributed by atoms with Crippen LogP contribution in [0.15, 0.2) is 329 Å². The Morgan fingerprint density at radius 1 is 0.275 bits per heavy atom. The zero-order valence-electron chi connectivity index (χ0n) is 62.7. The van der Waals surface area contributed by atoms with E-state index in [0.717, 1.165) is 52.1 Å². The quantitative estimate of drug-likeness (QED) is 0.0264. The number of benzene rings is 8. The van der Waals surface area contributed by atoms with Crippen molar-refractivity contribution >= 4 is 119 Å². The Balaban J connectivity index is 0.000000199. The van der Waals surface area contributed by atoms with Gasteiger partial charge in [-0.2, -0.15) is 58.9 Å². The van der Waals surface area contributed by atoms with Crippen LogP contribution in [0.5, 0.6) is 17.2 Å². The maximum atomic E-state index is 11.4. The first-order valence-electron chi connectivity index (χ1n) is 35.0. The molecule has 8 aromatic carbocycles. The highest BCUT2D eigenvalue weighted by Crippen LogP contribution is 2.41. The summed E-state index contributed by atoms with van der Waals surface area (Å²) in [4.78, 5) is -13.2. The minimum atomic E-state index is -5.16. The van der Waals surface area contributed by atoms with E-state index in [4.69, 9.17) is 32.4 Å². The molecule has 0 saturated heterocycles. The van der Waals surface area contributed by atoms with Crippen molar-refractivity contribution in [2.75, 3.05) is 0 Å².